The Morgan fingerprint density at radius 2 is 1.70 bits per heavy atom. The Labute approximate surface area is 185 Å². The van der Waals surface area contributed by atoms with E-state index < -0.39 is 6.04 Å². The monoisotopic (exact) mass is 426 g/mol. The zero-order chi connectivity index (χ0) is 21.9. The van der Waals surface area contributed by atoms with E-state index in [1.165, 1.54) is 11.1 Å². The Kier molecular flexibility index (Phi) is 9.95. The third kappa shape index (κ3) is 7.52. The molecule has 2 rings (SSSR count). The fraction of sp³-hybridized carbons (Fsp3) is 0.440. The van der Waals surface area contributed by atoms with Crippen LogP contribution in [0.15, 0.2) is 54.6 Å². The van der Waals surface area contributed by atoms with Crippen molar-refractivity contribution in [3.05, 3.63) is 71.3 Å². The van der Waals surface area contributed by atoms with E-state index in [1.807, 2.05) is 57.2 Å². The summed E-state index contributed by atoms with van der Waals surface area (Å²) < 4.78 is 0. The second-order valence-electron chi connectivity index (χ2n) is 7.73. The molecule has 2 aromatic carbocycles. The van der Waals surface area contributed by atoms with Crippen molar-refractivity contribution in [3.8, 4) is 0 Å². The average molecular weight is 427 g/mol. The standard InChI is InChI=1S/C25H34N2O2S/c1-5-20(4)26-25(29)23(6-2)27(16-21-12-8-7-9-13-21)24(28)18-30-17-22-14-10-11-19(3)15-22/h7-15,20,23H,5-6,16-18H2,1-4H3,(H,26,29)/t20-,23+/m0/s1. The van der Waals surface area contributed by atoms with E-state index in [0.29, 0.717) is 18.7 Å². The number of benzene rings is 2. The molecule has 4 nitrogen and oxygen atoms in total. The second kappa shape index (κ2) is 12.4. The van der Waals surface area contributed by atoms with E-state index in [0.717, 1.165) is 17.7 Å². The SMILES string of the molecule is CC[C@H](C(=O)N[C@@H](C)CC)N(Cc1ccccc1)C(=O)CSCc1cccc(C)c1. The molecule has 0 saturated heterocycles. The maximum absolute atomic E-state index is 13.2. The predicted octanol–water partition coefficient (Wildman–Crippen LogP) is 4.95. The molecule has 0 aliphatic rings. The second-order valence-corrected chi connectivity index (χ2v) is 8.72. The maximum atomic E-state index is 13.2. The first-order chi connectivity index (χ1) is 14.4. The molecular formula is C25H34N2O2S. The molecule has 2 amide bonds. The highest BCUT2D eigenvalue weighted by atomic mass is 32.2. The minimum absolute atomic E-state index is 0.00246. The van der Waals surface area contributed by atoms with Gasteiger partial charge in [0, 0.05) is 18.3 Å². The fourth-order valence-electron chi connectivity index (χ4n) is 3.28. The molecule has 0 saturated carbocycles. The minimum Gasteiger partial charge on any atom is -0.352 e. The van der Waals surface area contributed by atoms with Gasteiger partial charge in [-0.05, 0) is 37.8 Å². The predicted molar refractivity (Wildman–Crippen MR) is 126 cm³/mol. The molecule has 0 aliphatic carbocycles. The molecular weight excluding hydrogens is 392 g/mol. The largest absolute Gasteiger partial charge is 0.352 e. The van der Waals surface area contributed by atoms with Gasteiger partial charge in [-0.1, -0.05) is 74.0 Å². The van der Waals surface area contributed by atoms with Crippen LogP contribution >= 0.6 is 11.8 Å². The first-order valence-electron chi connectivity index (χ1n) is 10.7. The highest BCUT2D eigenvalue weighted by Gasteiger charge is 2.29. The van der Waals surface area contributed by atoms with Crippen molar-refractivity contribution in [3.63, 3.8) is 0 Å². The smallest absolute Gasteiger partial charge is 0.243 e. The number of carbonyl (C=O) groups is 2. The Balaban J connectivity index is 2.10. The molecule has 1 N–H and O–H groups in total. The van der Waals surface area contributed by atoms with E-state index in [4.69, 9.17) is 0 Å². The average Bonchev–Trinajstić information content (AvgIpc) is 2.74. The van der Waals surface area contributed by atoms with Gasteiger partial charge in [0.1, 0.15) is 6.04 Å². The summed E-state index contributed by atoms with van der Waals surface area (Å²) in [5.74, 6) is 1.07. The highest BCUT2D eigenvalue weighted by molar-refractivity contribution is 7.99. The topological polar surface area (TPSA) is 49.4 Å². The van der Waals surface area contributed by atoms with Gasteiger partial charge in [0.15, 0.2) is 0 Å². The first kappa shape index (κ1) is 24.0. The molecule has 0 bridgehead atoms. The molecule has 0 unspecified atom stereocenters. The van der Waals surface area contributed by atoms with Crippen molar-refractivity contribution in [2.75, 3.05) is 5.75 Å². The number of nitrogens with zero attached hydrogens (tertiary/aromatic N) is 1. The maximum Gasteiger partial charge on any atom is 0.243 e. The lowest BCUT2D eigenvalue weighted by molar-refractivity contribution is -0.139. The minimum atomic E-state index is -0.466. The molecule has 0 aromatic heterocycles. The Morgan fingerprint density at radius 1 is 1.00 bits per heavy atom. The van der Waals surface area contributed by atoms with Gasteiger partial charge in [-0.3, -0.25) is 9.59 Å². The third-order valence-electron chi connectivity index (χ3n) is 5.16. The molecule has 30 heavy (non-hydrogen) atoms. The van der Waals surface area contributed by atoms with Crippen LogP contribution < -0.4 is 5.32 Å². The summed E-state index contributed by atoms with van der Waals surface area (Å²) in [7, 11) is 0. The number of hydrogen-bond acceptors (Lipinski definition) is 3. The quantitative estimate of drug-likeness (QED) is 0.553. The summed E-state index contributed by atoms with van der Waals surface area (Å²) in [6, 6.07) is 17.9. The van der Waals surface area contributed by atoms with Gasteiger partial charge in [0.2, 0.25) is 11.8 Å². The van der Waals surface area contributed by atoms with Crippen molar-refractivity contribution < 1.29 is 9.59 Å². The van der Waals surface area contributed by atoms with E-state index in [9.17, 15) is 9.59 Å². The molecule has 2 aromatic rings. The van der Waals surface area contributed by atoms with Crippen LogP contribution in [0, 0.1) is 6.92 Å². The summed E-state index contributed by atoms with van der Waals surface area (Å²) in [5.41, 5.74) is 3.46. The molecule has 162 valence electrons. The van der Waals surface area contributed by atoms with Gasteiger partial charge in [-0.2, -0.15) is 0 Å². The van der Waals surface area contributed by atoms with Crippen molar-refractivity contribution in [1.82, 2.24) is 10.2 Å². The number of aryl methyl sites for hydroxylation is 1. The first-order valence-corrected chi connectivity index (χ1v) is 11.9. The summed E-state index contributed by atoms with van der Waals surface area (Å²) in [5, 5.41) is 3.05. The normalized spacial score (nSPS) is 12.8. The van der Waals surface area contributed by atoms with Gasteiger partial charge in [0.25, 0.3) is 0 Å². The van der Waals surface area contributed by atoms with Crippen LogP contribution in [0.25, 0.3) is 0 Å². The number of amides is 2. The number of hydrogen-bond donors (Lipinski definition) is 1. The molecule has 5 heteroatoms. The van der Waals surface area contributed by atoms with Crippen molar-refractivity contribution in [1.29, 1.82) is 0 Å². The molecule has 0 radical (unpaired) electrons. The van der Waals surface area contributed by atoms with Crippen LogP contribution in [-0.2, 0) is 21.9 Å². The lowest BCUT2D eigenvalue weighted by Crippen LogP contribution is -2.51. The zero-order valence-electron chi connectivity index (χ0n) is 18.6. The van der Waals surface area contributed by atoms with Gasteiger partial charge in [-0.15, -0.1) is 11.8 Å². The molecule has 2 atom stereocenters. The van der Waals surface area contributed by atoms with Crippen LogP contribution in [0.1, 0.15) is 50.3 Å². The Morgan fingerprint density at radius 3 is 2.33 bits per heavy atom. The van der Waals surface area contributed by atoms with Crippen molar-refractivity contribution >= 4 is 23.6 Å². The summed E-state index contributed by atoms with van der Waals surface area (Å²) >= 11 is 1.60. The van der Waals surface area contributed by atoms with Gasteiger partial charge in [-0.25, -0.2) is 0 Å². The molecule has 0 aliphatic heterocycles. The van der Waals surface area contributed by atoms with Crippen LogP contribution in [0.3, 0.4) is 0 Å². The van der Waals surface area contributed by atoms with Gasteiger partial charge in [0.05, 0.1) is 5.75 Å². The summed E-state index contributed by atoms with van der Waals surface area (Å²) in [4.78, 5) is 27.8. The van der Waals surface area contributed by atoms with Crippen LogP contribution in [0.2, 0.25) is 0 Å². The number of thioether (sulfide) groups is 1. The van der Waals surface area contributed by atoms with Crippen molar-refractivity contribution in [2.45, 2.75) is 64.9 Å². The number of carbonyl (C=O) groups excluding carboxylic acids is 2. The Bertz CT molecular complexity index is 810. The zero-order valence-corrected chi connectivity index (χ0v) is 19.4. The van der Waals surface area contributed by atoms with Crippen molar-refractivity contribution in [2.24, 2.45) is 0 Å². The molecule has 0 spiro atoms. The number of nitrogens with one attached hydrogen (secondary N) is 1. The van der Waals surface area contributed by atoms with Crippen LogP contribution in [-0.4, -0.2) is 34.6 Å². The van der Waals surface area contributed by atoms with Crippen LogP contribution in [0.5, 0.6) is 0 Å². The van der Waals surface area contributed by atoms with E-state index in [2.05, 4.69) is 30.4 Å². The van der Waals surface area contributed by atoms with E-state index in [1.54, 1.807) is 16.7 Å². The van der Waals surface area contributed by atoms with E-state index in [-0.39, 0.29) is 17.9 Å². The fourth-order valence-corrected chi connectivity index (χ4v) is 4.14. The highest BCUT2D eigenvalue weighted by Crippen LogP contribution is 2.18. The molecule has 0 fully saturated rings. The third-order valence-corrected chi connectivity index (χ3v) is 6.15. The summed E-state index contributed by atoms with van der Waals surface area (Å²) in [6.45, 7) is 8.51. The molecule has 0 heterocycles. The lowest BCUT2D eigenvalue weighted by Gasteiger charge is -2.31. The number of rotatable bonds is 11. The van der Waals surface area contributed by atoms with Gasteiger partial charge < -0.3 is 10.2 Å². The van der Waals surface area contributed by atoms with Gasteiger partial charge >= 0.3 is 0 Å². The lowest BCUT2D eigenvalue weighted by atomic mass is 10.1. The van der Waals surface area contributed by atoms with E-state index >= 15 is 0 Å². The Hall–Kier alpha value is -2.27. The van der Waals surface area contributed by atoms with Crippen LogP contribution in [0.4, 0.5) is 0 Å². The summed E-state index contributed by atoms with van der Waals surface area (Å²) in [6.07, 6.45) is 1.45.